The molecule has 1 aromatic rings. The first kappa shape index (κ1) is 18.8. The maximum absolute atomic E-state index is 12.3. The fourth-order valence-electron chi connectivity index (χ4n) is 2.03. The smallest absolute Gasteiger partial charge is 0.226 e. The van der Waals surface area contributed by atoms with E-state index < -0.39 is 0 Å². The number of thioether (sulfide) groups is 1. The van der Waals surface area contributed by atoms with Gasteiger partial charge in [-0.15, -0.1) is 11.8 Å². The van der Waals surface area contributed by atoms with Crippen molar-refractivity contribution in [3.63, 3.8) is 0 Å². The van der Waals surface area contributed by atoms with Crippen LogP contribution in [-0.2, 0) is 9.59 Å². The van der Waals surface area contributed by atoms with Gasteiger partial charge in [0.05, 0.1) is 4.20 Å². The molecule has 2 unspecified atom stereocenters. The monoisotopic (exact) mass is 337 g/mol. The standard InChI is InChI=1S/C17H23NO2S2/c1-12(13(2)19)10-15(16(20)18(3)4)11-22-17(21)14-8-6-5-7-9-14/h5-9,12,15H,10-11H2,1-4H3. The molecular formula is C17H23NO2S2. The first-order valence-corrected chi connectivity index (χ1v) is 8.66. The van der Waals surface area contributed by atoms with E-state index in [1.54, 1.807) is 25.9 Å². The zero-order chi connectivity index (χ0) is 16.7. The van der Waals surface area contributed by atoms with Gasteiger partial charge in [-0.1, -0.05) is 49.5 Å². The average molecular weight is 338 g/mol. The lowest BCUT2D eigenvalue weighted by Crippen LogP contribution is -2.33. The molecule has 0 heterocycles. The Morgan fingerprint density at radius 2 is 1.82 bits per heavy atom. The Hall–Kier alpha value is -1.20. The molecule has 3 nitrogen and oxygen atoms in total. The van der Waals surface area contributed by atoms with Crippen molar-refractivity contribution in [2.75, 3.05) is 19.8 Å². The highest BCUT2D eigenvalue weighted by molar-refractivity contribution is 8.23. The first-order chi connectivity index (χ1) is 10.3. The molecule has 0 N–H and O–H groups in total. The number of rotatable bonds is 7. The zero-order valence-electron chi connectivity index (χ0n) is 13.5. The number of hydrogen-bond acceptors (Lipinski definition) is 4. The maximum atomic E-state index is 12.3. The Kier molecular flexibility index (Phi) is 7.76. The van der Waals surface area contributed by atoms with E-state index in [0.717, 1.165) is 9.76 Å². The fraction of sp³-hybridized carbons (Fsp3) is 0.471. The normalized spacial score (nSPS) is 13.3. The Labute approximate surface area is 142 Å². The molecule has 1 aromatic carbocycles. The van der Waals surface area contributed by atoms with Gasteiger partial charge in [0, 0.05) is 31.7 Å². The summed E-state index contributed by atoms with van der Waals surface area (Å²) in [5.41, 5.74) is 0.998. The van der Waals surface area contributed by atoms with E-state index in [0.29, 0.717) is 12.2 Å². The molecule has 0 saturated heterocycles. The Morgan fingerprint density at radius 3 is 2.32 bits per heavy atom. The third-order valence-electron chi connectivity index (χ3n) is 3.55. The number of ketones is 1. The van der Waals surface area contributed by atoms with E-state index in [1.807, 2.05) is 37.3 Å². The number of nitrogens with zero attached hydrogens (tertiary/aromatic N) is 1. The van der Waals surface area contributed by atoms with E-state index >= 15 is 0 Å². The van der Waals surface area contributed by atoms with Crippen LogP contribution in [0.3, 0.4) is 0 Å². The average Bonchev–Trinajstić information content (AvgIpc) is 2.50. The lowest BCUT2D eigenvalue weighted by molar-refractivity contribution is -0.133. The van der Waals surface area contributed by atoms with Gasteiger partial charge in [0.1, 0.15) is 5.78 Å². The molecule has 0 saturated carbocycles. The molecule has 2 atom stereocenters. The van der Waals surface area contributed by atoms with Crippen LogP contribution in [-0.4, -0.2) is 40.6 Å². The minimum atomic E-state index is -0.194. The molecule has 0 spiro atoms. The lowest BCUT2D eigenvalue weighted by Gasteiger charge is -2.22. The van der Waals surface area contributed by atoms with Crippen molar-refractivity contribution in [2.45, 2.75) is 20.3 Å². The van der Waals surface area contributed by atoms with E-state index in [2.05, 4.69) is 0 Å². The molecule has 0 aliphatic heterocycles. The predicted molar refractivity (Wildman–Crippen MR) is 97.2 cm³/mol. The van der Waals surface area contributed by atoms with Crippen LogP contribution in [0.25, 0.3) is 0 Å². The number of carbonyl (C=O) groups excluding carboxylic acids is 2. The Morgan fingerprint density at radius 1 is 1.23 bits per heavy atom. The molecule has 0 fully saturated rings. The molecule has 1 amide bonds. The second-order valence-electron chi connectivity index (χ2n) is 5.64. The molecule has 0 aliphatic carbocycles. The molecule has 0 bridgehead atoms. The van der Waals surface area contributed by atoms with Crippen molar-refractivity contribution < 1.29 is 9.59 Å². The van der Waals surface area contributed by atoms with Gasteiger partial charge in [-0.2, -0.15) is 0 Å². The zero-order valence-corrected chi connectivity index (χ0v) is 15.2. The van der Waals surface area contributed by atoms with Crippen LogP contribution in [0.5, 0.6) is 0 Å². The second-order valence-corrected chi connectivity index (χ2v) is 7.34. The SMILES string of the molecule is CC(=O)C(C)CC(CSC(=S)c1ccccc1)C(=O)N(C)C. The number of benzene rings is 1. The van der Waals surface area contributed by atoms with Crippen LogP contribution in [0.1, 0.15) is 25.8 Å². The van der Waals surface area contributed by atoms with E-state index in [4.69, 9.17) is 12.2 Å². The maximum Gasteiger partial charge on any atom is 0.226 e. The fourth-order valence-corrected chi connectivity index (χ4v) is 3.31. The molecule has 1 rings (SSSR count). The second kappa shape index (κ2) is 9.06. The summed E-state index contributed by atoms with van der Waals surface area (Å²) in [4.78, 5) is 25.4. The van der Waals surface area contributed by atoms with Crippen molar-refractivity contribution in [3.8, 4) is 0 Å². The predicted octanol–water partition coefficient (Wildman–Crippen LogP) is 3.41. The minimum Gasteiger partial charge on any atom is -0.349 e. The van der Waals surface area contributed by atoms with Crippen molar-refractivity contribution >= 4 is 39.9 Å². The molecule has 0 aliphatic rings. The molecule has 0 radical (unpaired) electrons. The van der Waals surface area contributed by atoms with Gasteiger partial charge in [-0.25, -0.2) is 0 Å². The highest BCUT2D eigenvalue weighted by atomic mass is 32.2. The third kappa shape index (κ3) is 5.89. The summed E-state index contributed by atoms with van der Waals surface area (Å²) < 4.78 is 0.785. The van der Waals surface area contributed by atoms with E-state index in [9.17, 15) is 9.59 Å². The van der Waals surface area contributed by atoms with Gasteiger partial charge < -0.3 is 4.90 Å². The van der Waals surface area contributed by atoms with Gasteiger partial charge in [0.25, 0.3) is 0 Å². The number of thiocarbonyl (C=S) groups is 1. The number of carbonyl (C=O) groups is 2. The molecule has 22 heavy (non-hydrogen) atoms. The van der Waals surface area contributed by atoms with Crippen molar-refractivity contribution in [1.29, 1.82) is 0 Å². The van der Waals surface area contributed by atoms with Crippen molar-refractivity contribution in [1.82, 2.24) is 4.90 Å². The van der Waals surface area contributed by atoms with Crippen LogP contribution >= 0.6 is 24.0 Å². The van der Waals surface area contributed by atoms with Crippen LogP contribution < -0.4 is 0 Å². The summed E-state index contributed by atoms with van der Waals surface area (Å²) in [5, 5.41) is 0. The Bertz CT molecular complexity index is 529. The highest BCUT2D eigenvalue weighted by Crippen LogP contribution is 2.23. The largest absolute Gasteiger partial charge is 0.349 e. The van der Waals surface area contributed by atoms with E-state index in [1.165, 1.54) is 11.8 Å². The number of amides is 1. The summed E-state index contributed by atoms with van der Waals surface area (Å²) in [6.45, 7) is 3.45. The van der Waals surface area contributed by atoms with Crippen LogP contribution in [0, 0.1) is 11.8 Å². The van der Waals surface area contributed by atoms with Gasteiger partial charge in [0.2, 0.25) is 5.91 Å². The molecular weight excluding hydrogens is 314 g/mol. The quantitative estimate of drug-likeness (QED) is 0.715. The third-order valence-corrected chi connectivity index (χ3v) is 5.20. The van der Waals surface area contributed by atoms with Crippen LogP contribution in [0.2, 0.25) is 0 Å². The van der Waals surface area contributed by atoms with E-state index in [-0.39, 0.29) is 23.5 Å². The Balaban J connectivity index is 2.70. The summed E-state index contributed by atoms with van der Waals surface area (Å²) >= 11 is 6.94. The van der Waals surface area contributed by atoms with Gasteiger partial charge in [-0.05, 0) is 18.9 Å². The summed E-state index contributed by atoms with van der Waals surface area (Å²) in [6.07, 6.45) is 0.566. The van der Waals surface area contributed by atoms with Crippen molar-refractivity contribution in [2.24, 2.45) is 11.8 Å². The summed E-state index contributed by atoms with van der Waals surface area (Å²) in [7, 11) is 3.49. The summed E-state index contributed by atoms with van der Waals surface area (Å²) in [5.74, 6) is 0.464. The van der Waals surface area contributed by atoms with Gasteiger partial charge >= 0.3 is 0 Å². The van der Waals surface area contributed by atoms with Crippen LogP contribution in [0.15, 0.2) is 30.3 Å². The number of hydrogen-bond donors (Lipinski definition) is 0. The van der Waals surface area contributed by atoms with Crippen LogP contribution in [0.4, 0.5) is 0 Å². The lowest BCUT2D eigenvalue weighted by atomic mass is 9.93. The first-order valence-electron chi connectivity index (χ1n) is 7.26. The molecule has 0 aromatic heterocycles. The van der Waals surface area contributed by atoms with Gasteiger partial charge in [-0.3, -0.25) is 9.59 Å². The van der Waals surface area contributed by atoms with Crippen molar-refractivity contribution in [3.05, 3.63) is 35.9 Å². The highest BCUT2D eigenvalue weighted by Gasteiger charge is 2.25. The van der Waals surface area contributed by atoms with Gasteiger partial charge in [0.15, 0.2) is 0 Å². The minimum absolute atomic E-state index is 0.0523. The molecule has 5 heteroatoms. The topological polar surface area (TPSA) is 37.4 Å². The summed E-state index contributed by atoms with van der Waals surface area (Å²) in [6, 6.07) is 9.78. The molecule has 120 valence electrons. The number of Topliss-reactive ketones (excluding diaryl/α,β-unsaturated/α-hetero) is 1.